The minimum atomic E-state index is -0.831. The predicted molar refractivity (Wildman–Crippen MR) is 142 cm³/mol. The van der Waals surface area contributed by atoms with Crippen LogP contribution in [0.5, 0.6) is 11.5 Å². The lowest BCUT2D eigenvalue weighted by atomic mass is 10.1. The molecule has 1 fully saturated rings. The highest BCUT2D eigenvalue weighted by Crippen LogP contribution is 2.31. The molecule has 0 radical (unpaired) electrons. The first-order chi connectivity index (χ1) is 17.3. The third-order valence-corrected chi connectivity index (χ3v) is 6.02. The number of barbiturate groups is 1. The van der Waals surface area contributed by atoms with Crippen molar-refractivity contribution in [1.82, 2.24) is 5.32 Å². The summed E-state index contributed by atoms with van der Waals surface area (Å²) in [7, 11) is 0. The second kappa shape index (κ2) is 10.9. The highest BCUT2D eigenvalue weighted by molar-refractivity contribution is 14.1. The molecule has 8 nitrogen and oxygen atoms in total. The molecule has 0 unspecified atom stereocenters. The van der Waals surface area contributed by atoms with Crippen LogP contribution in [0.3, 0.4) is 0 Å². The van der Waals surface area contributed by atoms with Crippen molar-refractivity contribution in [3.8, 4) is 11.5 Å². The lowest BCUT2D eigenvalue weighted by Gasteiger charge is -2.26. The van der Waals surface area contributed by atoms with E-state index in [9.17, 15) is 19.2 Å². The highest BCUT2D eigenvalue weighted by atomic mass is 127. The average molecular weight is 617 g/mol. The fourth-order valence-electron chi connectivity index (χ4n) is 3.36. The summed E-state index contributed by atoms with van der Waals surface area (Å²) in [4.78, 5) is 51.4. The summed E-state index contributed by atoms with van der Waals surface area (Å²) in [5.41, 5.74) is 0.829. The zero-order valence-corrected chi connectivity index (χ0v) is 21.7. The smallest absolute Gasteiger partial charge is 0.343 e. The maximum Gasteiger partial charge on any atom is 0.343 e. The van der Waals surface area contributed by atoms with Crippen LogP contribution in [0.2, 0.25) is 5.02 Å². The van der Waals surface area contributed by atoms with E-state index < -0.39 is 23.8 Å². The number of halogens is 2. The summed E-state index contributed by atoms with van der Waals surface area (Å²) in [5, 5.41) is 2.68. The number of urea groups is 1. The Morgan fingerprint density at radius 2 is 1.69 bits per heavy atom. The van der Waals surface area contributed by atoms with Crippen molar-refractivity contribution in [2.45, 2.75) is 6.92 Å². The standard InChI is InChI=1S/C26H18ClIN2O6/c1-2-35-22-14-15(3-12-21(22)36-25(33)16-4-6-17(27)7-5-16)13-20-23(31)29-26(34)30(24(20)32)19-10-8-18(28)9-11-19/h3-14H,2H2,1H3,(H,29,31,34)/b20-13+. The molecule has 182 valence electrons. The SMILES string of the molecule is CCOc1cc(/C=C2\C(=O)NC(=O)N(c3ccc(I)cc3)C2=O)ccc1OC(=O)c1ccc(Cl)cc1. The van der Waals surface area contributed by atoms with Crippen LogP contribution in [0.1, 0.15) is 22.8 Å². The normalized spacial score (nSPS) is 14.6. The summed E-state index contributed by atoms with van der Waals surface area (Å²) in [6, 6.07) is 16.7. The van der Waals surface area contributed by atoms with Gasteiger partial charge in [0.2, 0.25) is 0 Å². The summed E-state index contributed by atoms with van der Waals surface area (Å²) < 4.78 is 12.0. The highest BCUT2D eigenvalue weighted by Gasteiger charge is 2.36. The zero-order valence-electron chi connectivity index (χ0n) is 18.8. The molecular formula is C26H18ClIN2O6. The van der Waals surface area contributed by atoms with Crippen LogP contribution in [0.15, 0.2) is 72.3 Å². The average Bonchev–Trinajstić information content (AvgIpc) is 2.85. The molecule has 3 aromatic carbocycles. The van der Waals surface area contributed by atoms with Crippen LogP contribution in [0.25, 0.3) is 6.08 Å². The minimum Gasteiger partial charge on any atom is -0.490 e. The van der Waals surface area contributed by atoms with Crippen LogP contribution in [-0.4, -0.2) is 30.4 Å². The first-order valence-electron chi connectivity index (χ1n) is 10.7. The quantitative estimate of drug-likeness (QED) is 0.134. The number of esters is 1. The molecule has 1 saturated heterocycles. The number of ether oxygens (including phenoxy) is 2. The van der Waals surface area contributed by atoms with Crippen LogP contribution >= 0.6 is 34.2 Å². The van der Waals surface area contributed by atoms with Crippen LogP contribution in [0.4, 0.5) is 10.5 Å². The molecule has 0 aliphatic carbocycles. The van der Waals surface area contributed by atoms with Gasteiger partial charge in [-0.1, -0.05) is 17.7 Å². The van der Waals surface area contributed by atoms with Gasteiger partial charge in [-0.15, -0.1) is 0 Å². The van der Waals surface area contributed by atoms with Gasteiger partial charge >= 0.3 is 12.0 Å². The van der Waals surface area contributed by atoms with Crippen molar-refractivity contribution >= 4 is 69.8 Å². The molecule has 0 saturated carbocycles. The van der Waals surface area contributed by atoms with Crippen LogP contribution in [0, 0.1) is 3.57 Å². The van der Waals surface area contributed by atoms with E-state index in [2.05, 4.69) is 27.9 Å². The number of carbonyl (C=O) groups is 4. The van der Waals surface area contributed by atoms with Gasteiger partial charge in [0.1, 0.15) is 5.57 Å². The monoisotopic (exact) mass is 616 g/mol. The number of hydrogen-bond donors (Lipinski definition) is 1. The Bertz CT molecular complexity index is 1390. The fraction of sp³-hybridized carbons (Fsp3) is 0.0769. The Kier molecular flexibility index (Phi) is 7.70. The molecule has 0 atom stereocenters. The second-order valence-electron chi connectivity index (χ2n) is 7.47. The number of carbonyl (C=O) groups excluding carboxylic acids is 4. The van der Waals surface area contributed by atoms with Crippen molar-refractivity contribution in [2.75, 3.05) is 11.5 Å². The second-order valence-corrected chi connectivity index (χ2v) is 9.15. The Morgan fingerprint density at radius 3 is 2.36 bits per heavy atom. The molecule has 4 amide bonds. The van der Waals surface area contributed by atoms with Gasteiger partial charge in [-0.25, -0.2) is 14.5 Å². The Hall–Kier alpha value is -3.70. The van der Waals surface area contributed by atoms with Crippen molar-refractivity contribution in [1.29, 1.82) is 0 Å². The summed E-state index contributed by atoms with van der Waals surface area (Å²) in [5.74, 6) is -1.78. The Balaban J connectivity index is 1.63. The van der Waals surface area contributed by atoms with E-state index in [1.165, 1.54) is 30.3 Å². The van der Waals surface area contributed by atoms with Crippen molar-refractivity contribution in [3.05, 3.63) is 92.0 Å². The predicted octanol–water partition coefficient (Wildman–Crippen LogP) is 5.23. The number of nitrogens with one attached hydrogen (secondary N) is 1. The molecule has 1 heterocycles. The molecular weight excluding hydrogens is 599 g/mol. The fourth-order valence-corrected chi connectivity index (χ4v) is 3.85. The maximum absolute atomic E-state index is 13.1. The van der Waals surface area contributed by atoms with Crippen LogP contribution in [-0.2, 0) is 9.59 Å². The van der Waals surface area contributed by atoms with E-state index in [0.717, 1.165) is 8.47 Å². The third kappa shape index (κ3) is 5.58. The number of imide groups is 2. The molecule has 4 rings (SSSR count). The summed E-state index contributed by atoms with van der Waals surface area (Å²) in [6.07, 6.45) is 1.34. The summed E-state index contributed by atoms with van der Waals surface area (Å²) >= 11 is 7.97. The first kappa shape index (κ1) is 25.4. The van der Waals surface area contributed by atoms with Gasteiger partial charge in [0.15, 0.2) is 11.5 Å². The number of nitrogens with zero attached hydrogens (tertiary/aromatic N) is 1. The number of benzene rings is 3. The van der Waals surface area contributed by atoms with E-state index in [4.69, 9.17) is 21.1 Å². The molecule has 1 aliphatic heterocycles. The van der Waals surface area contributed by atoms with Crippen LogP contribution < -0.4 is 19.7 Å². The van der Waals surface area contributed by atoms with Gasteiger partial charge < -0.3 is 9.47 Å². The Labute approximate surface area is 225 Å². The van der Waals surface area contributed by atoms with E-state index in [0.29, 0.717) is 21.8 Å². The van der Waals surface area contributed by atoms with E-state index in [1.54, 1.807) is 49.4 Å². The molecule has 1 aliphatic rings. The molecule has 0 bridgehead atoms. The minimum absolute atomic E-state index is 0.161. The maximum atomic E-state index is 13.1. The molecule has 1 N–H and O–H groups in total. The van der Waals surface area contributed by atoms with Gasteiger partial charge in [-0.2, -0.15) is 0 Å². The molecule has 0 spiro atoms. The Morgan fingerprint density at radius 1 is 1.00 bits per heavy atom. The third-order valence-electron chi connectivity index (χ3n) is 5.05. The summed E-state index contributed by atoms with van der Waals surface area (Å²) in [6.45, 7) is 2.04. The van der Waals surface area contributed by atoms with Gasteiger partial charge in [0.25, 0.3) is 11.8 Å². The first-order valence-corrected chi connectivity index (χ1v) is 12.1. The largest absolute Gasteiger partial charge is 0.490 e. The number of rotatable bonds is 6. The van der Waals surface area contributed by atoms with Crippen molar-refractivity contribution in [2.24, 2.45) is 0 Å². The van der Waals surface area contributed by atoms with Crippen molar-refractivity contribution in [3.63, 3.8) is 0 Å². The van der Waals surface area contributed by atoms with E-state index in [1.807, 2.05) is 0 Å². The van der Waals surface area contributed by atoms with E-state index >= 15 is 0 Å². The molecule has 3 aromatic rings. The van der Waals surface area contributed by atoms with Gasteiger partial charge in [0.05, 0.1) is 17.9 Å². The topological polar surface area (TPSA) is 102 Å². The van der Waals surface area contributed by atoms with E-state index in [-0.39, 0.29) is 23.7 Å². The number of hydrogen-bond acceptors (Lipinski definition) is 6. The molecule has 36 heavy (non-hydrogen) atoms. The van der Waals surface area contributed by atoms with Gasteiger partial charge in [-0.05, 0) is 102 Å². The molecule has 0 aromatic heterocycles. The lowest BCUT2D eigenvalue weighted by molar-refractivity contribution is -0.122. The molecule has 10 heteroatoms. The van der Waals surface area contributed by atoms with Crippen molar-refractivity contribution < 1.29 is 28.7 Å². The number of amides is 4. The number of anilines is 1. The van der Waals surface area contributed by atoms with Gasteiger partial charge in [0, 0.05) is 8.59 Å². The lowest BCUT2D eigenvalue weighted by Crippen LogP contribution is -2.54. The zero-order chi connectivity index (χ0) is 25.8. The van der Waals surface area contributed by atoms with Gasteiger partial charge in [-0.3, -0.25) is 14.9 Å².